The summed E-state index contributed by atoms with van der Waals surface area (Å²) in [5.41, 5.74) is 1.01. The number of carbonyl (C=O) groups is 1. The first-order valence-corrected chi connectivity index (χ1v) is 7.97. The number of carbonyl (C=O) groups excluding carboxylic acids is 1. The summed E-state index contributed by atoms with van der Waals surface area (Å²) in [6, 6.07) is 5.78. The van der Waals surface area contributed by atoms with E-state index in [0.717, 1.165) is 37.2 Å². The van der Waals surface area contributed by atoms with E-state index in [2.05, 4.69) is 17.6 Å². The fourth-order valence-corrected chi connectivity index (χ4v) is 2.29. The predicted molar refractivity (Wildman–Crippen MR) is 86.3 cm³/mol. The van der Waals surface area contributed by atoms with E-state index in [9.17, 15) is 4.79 Å². The van der Waals surface area contributed by atoms with E-state index >= 15 is 0 Å². The van der Waals surface area contributed by atoms with Crippen molar-refractivity contribution < 1.29 is 14.3 Å². The van der Waals surface area contributed by atoms with Crippen molar-refractivity contribution in [2.75, 3.05) is 26.8 Å². The van der Waals surface area contributed by atoms with E-state index in [0.29, 0.717) is 12.4 Å². The fourth-order valence-electron chi connectivity index (χ4n) is 2.29. The van der Waals surface area contributed by atoms with Gasteiger partial charge < -0.3 is 20.1 Å². The lowest BCUT2D eigenvalue weighted by Gasteiger charge is -2.27. The van der Waals surface area contributed by atoms with Crippen molar-refractivity contribution in [3.05, 3.63) is 23.8 Å². The molecule has 1 amide bonds. The van der Waals surface area contributed by atoms with Crippen molar-refractivity contribution in [2.24, 2.45) is 5.92 Å². The van der Waals surface area contributed by atoms with Gasteiger partial charge in [-0.15, -0.1) is 0 Å². The van der Waals surface area contributed by atoms with Crippen LogP contribution in [0.4, 0.5) is 0 Å². The van der Waals surface area contributed by atoms with E-state index in [-0.39, 0.29) is 17.9 Å². The molecular weight excluding hydrogens is 280 g/mol. The van der Waals surface area contributed by atoms with Gasteiger partial charge in [0.1, 0.15) is 0 Å². The summed E-state index contributed by atoms with van der Waals surface area (Å²) in [4.78, 5) is 12.0. The van der Waals surface area contributed by atoms with Gasteiger partial charge in [0.2, 0.25) is 5.91 Å². The van der Waals surface area contributed by atoms with Gasteiger partial charge in [-0.05, 0) is 31.0 Å². The maximum atomic E-state index is 12.0. The van der Waals surface area contributed by atoms with E-state index in [1.807, 2.05) is 25.1 Å². The zero-order valence-corrected chi connectivity index (χ0v) is 13.6. The Labute approximate surface area is 132 Å². The van der Waals surface area contributed by atoms with Crippen molar-refractivity contribution >= 4 is 5.91 Å². The second-order valence-corrected chi connectivity index (χ2v) is 5.70. The Hall–Kier alpha value is -1.75. The molecule has 5 nitrogen and oxygen atoms in total. The van der Waals surface area contributed by atoms with Gasteiger partial charge in [-0.25, -0.2) is 0 Å². The molecule has 0 spiro atoms. The van der Waals surface area contributed by atoms with Crippen LogP contribution in [0, 0.1) is 5.92 Å². The van der Waals surface area contributed by atoms with Crippen molar-refractivity contribution in [3.63, 3.8) is 0 Å². The van der Waals surface area contributed by atoms with Gasteiger partial charge >= 0.3 is 0 Å². The second kappa shape index (κ2) is 8.03. The Morgan fingerprint density at radius 2 is 2.18 bits per heavy atom. The first-order chi connectivity index (χ1) is 10.7. The van der Waals surface area contributed by atoms with Crippen LogP contribution in [0.25, 0.3) is 0 Å². The largest absolute Gasteiger partial charge is 0.493 e. The quantitative estimate of drug-likeness (QED) is 0.723. The molecule has 0 radical (unpaired) electrons. The van der Waals surface area contributed by atoms with Gasteiger partial charge in [-0.3, -0.25) is 4.79 Å². The molecule has 2 rings (SSSR count). The number of nitrogens with one attached hydrogen (secondary N) is 2. The Morgan fingerprint density at radius 3 is 2.77 bits per heavy atom. The van der Waals surface area contributed by atoms with Crippen LogP contribution < -0.4 is 20.1 Å². The van der Waals surface area contributed by atoms with E-state index in [1.165, 1.54) is 0 Å². The van der Waals surface area contributed by atoms with Gasteiger partial charge in [0.25, 0.3) is 0 Å². The normalized spacial score (nSPS) is 15.8. The molecule has 122 valence electrons. The van der Waals surface area contributed by atoms with Crippen molar-refractivity contribution in [2.45, 2.75) is 32.7 Å². The van der Waals surface area contributed by atoms with Crippen molar-refractivity contribution in [3.8, 4) is 11.5 Å². The lowest BCUT2D eigenvalue weighted by atomic mass is 10.0. The summed E-state index contributed by atoms with van der Waals surface area (Å²) >= 11 is 0. The summed E-state index contributed by atoms with van der Waals surface area (Å²) in [5, 5.41) is 6.15. The highest BCUT2D eigenvalue weighted by atomic mass is 16.5. The van der Waals surface area contributed by atoms with Gasteiger partial charge in [0.15, 0.2) is 11.5 Å². The summed E-state index contributed by atoms with van der Waals surface area (Å²) in [5.74, 6) is 1.66. The van der Waals surface area contributed by atoms with E-state index in [1.54, 1.807) is 7.11 Å². The molecule has 2 N–H and O–H groups in total. The molecule has 1 aromatic carbocycles. The zero-order valence-electron chi connectivity index (χ0n) is 13.6. The third-order valence-corrected chi connectivity index (χ3v) is 3.95. The highest BCUT2D eigenvalue weighted by Crippen LogP contribution is 2.30. The molecule has 1 aliphatic heterocycles. The number of unbranched alkanes of at least 4 members (excludes halogenated alkanes) is 1. The van der Waals surface area contributed by atoms with Crippen LogP contribution in [0.15, 0.2) is 18.2 Å². The van der Waals surface area contributed by atoms with Crippen LogP contribution in [0.5, 0.6) is 11.5 Å². The number of amides is 1. The maximum absolute atomic E-state index is 12.0. The highest BCUT2D eigenvalue weighted by Gasteiger charge is 2.26. The lowest BCUT2D eigenvalue weighted by Crippen LogP contribution is -2.51. The molecule has 0 bridgehead atoms. The molecule has 1 heterocycles. The van der Waals surface area contributed by atoms with Gasteiger partial charge in [-0.2, -0.15) is 0 Å². The molecule has 1 saturated heterocycles. The molecule has 0 aromatic heterocycles. The Morgan fingerprint density at radius 1 is 1.41 bits per heavy atom. The van der Waals surface area contributed by atoms with Crippen LogP contribution in [0.1, 0.15) is 38.3 Å². The standard InChI is InChI=1S/C17H26N2O3/c1-4-5-8-22-15-7-6-13(9-16(15)21-3)12(2)19-17(20)14-10-18-11-14/h6-7,9,12,14,18H,4-5,8,10-11H2,1-3H3,(H,19,20). The zero-order chi connectivity index (χ0) is 15.9. The van der Waals surface area contributed by atoms with Crippen molar-refractivity contribution in [1.29, 1.82) is 0 Å². The number of benzene rings is 1. The summed E-state index contributed by atoms with van der Waals surface area (Å²) in [6.07, 6.45) is 2.12. The molecule has 1 fully saturated rings. The third-order valence-electron chi connectivity index (χ3n) is 3.95. The molecular formula is C17H26N2O3. The Balaban J connectivity index is 1.99. The minimum absolute atomic E-state index is 0.0494. The van der Waals surface area contributed by atoms with Crippen LogP contribution in [0.2, 0.25) is 0 Å². The topological polar surface area (TPSA) is 59.6 Å². The average Bonchev–Trinajstić information content (AvgIpc) is 2.45. The van der Waals surface area contributed by atoms with Crippen LogP contribution in [0.3, 0.4) is 0 Å². The van der Waals surface area contributed by atoms with E-state index < -0.39 is 0 Å². The SMILES string of the molecule is CCCCOc1ccc(C(C)NC(=O)C2CNC2)cc1OC. The fraction of sp³-hybridized carbons (Fsp3) is 0.588. The average molecular weight is 306 g/mol. The summed E-state index contributed by atoms with van der Waals surface area (Å²) < 4.78 is 11.1. The number of hydrogen-bond acceptors (Lipinski definition) is 4. The smallest absolute Gasteiger partial charge is 0.226 e. The minimum atomic E-state index is -0.0494. The van der Waals surface area contributed by atoms with Gasteiger partial charge in [-0.1, -0.05) is 19.4 Å². The first kappa shape index (κ1) is 16.6. The van der Waals surface area contributed by atoms with E-state index in [4.69, 9.17) is 9.47 Å². The molecule has 1 atom stereocenters. The second-order valence-electron chi connectivity index (χ2n) is 5.70. The third kappa shape index (κ3) is 4.13. The number of hydrogen-bond donors (Lipinski definition) is 2. The molecule has 1 aromatic rings. The van der Waals surface area contributed by atoms with Crippen LogP contribution in [-0.4, -0.2) is 32.7 Å². The molecule has 0 aliphatic carbocycles. The first-order valence-electron chi connectivity index (χ1n) is 7.97. The summed E-state index contributed by atoms with van der Waals surface area (Å²) in [7, 11) is 1.63. The lowest BCUT2D eigenvalue weighted by molar-refractivity contribution is -0.127. The van der Waals surface area contributed by atoms with Gasteiger partial charge in [0.05, 0.1) is 25.7 Å². The molecule has 1 aliphatic rings. The summed E-state index contributed by atoms with van der Waals surface area (Å²) in [6.45, 7) is 6.34. The maximum Gasteiger partial charge on any atom is 0.226 e. The van der Waals surface area contributed by atoms with Crippen molar-refractivity contribution in [1.82, 2.24) is 10.6 Å². The highest BCUT2D eigenvalue weighted by molar-refractivity contribution is 5.80. The molecule has 22 heavy (non-hydrogen) atoms. The predicted octanol–water partition coefficient (Wildman–Crippen LogP) is 2.27. The molecule has 1 unspecified atom stereocenters. The van der Waals surface area contributed by atoms with Crippen LogP contribution in [-0.2, 0) is 4.79 Å². The van der Waals surface area contributed by atoms with Gasteiger partial charge in [0, 0.05) is 13.1 Å². The molecule has 5 heteroatoms. The van der Waals surface area contributed by atoms with Crippen LogP contribution >= 0.6 is 0 Å². The molecule has 0 saturated carbocycles. The monoisotopic (exact) mass is 306 g/mol. The minimum Gasteiger partial charge on any atom is -0.493 e. The Bertz CT molecular complexity index is 501. The number of methoxy groups -OCH3 is 1. The number of rotatable bonds is 8. The Kier molecular flexibility index (Phi) is 6.07. The number of ether oxygens (including phenoxy) is 2.